The first-order valence-electron chi connectivity index (χ1n) is 4.51. The number of aromatic amines is 1. The van der Waals surface area contributed by atoms with Crippen LogP contribution < -0.4 is 17.0 Å². The number of hydrogen-bond acceptors (Lipinski definition) is 3. The second-order valence-corrected chi connectivity index (χ2v) is 3.53. The molecule has 1 unspecified atom stereocenters. The lowest BCUT2D eigenvalue weighted by molar-refractivity contribution is -0.121. The SMILES string of the molecule is Cc1cn(CC(C)C(N)=O)c(=O)[nH]c1=O. The zero-order valence-electron chi connectivity index (χ0n) is 8.61. The van der Waals surface area contributed by atoms with Gasteiger partial charge in [0.2, 0.25) is 5.91 Å². The van der Waals surface area contributed by atoms with E-state index in [0.717, 1.165) is 0 Å². The molecule has 0 aromatic carbocycles. The van der Waals surface area contributed by atoms with Crippen molar-refractivity contribution in [3.05, 3.63) is 32.6 Å². The summed E-state index contributed by atoms with van der Waals surface area (Å²) in [5.74, 6) is -0.932. The van der Waals surface area contributed by atoms with E-state index in [-0.39, 0.29) is 6.54 Å². The van der Waals surface area contributed by atoms with Crippen molar-refractivity contribution in [3.8, 4) is 0 Å². The van der Waals surface area contributed by atoms with Crippen molar-refractivity contribution in [2.75, 3.05) is 0 Å². The van der Waals surface area contributed by atoms with E-state index in [2.05, 4.69) is 4.98 Å². The van der Waals surface area contributed by atoms with Gasteiger partial charge in [0.1, 0.15) is 0 Å². The summed E-state index contributed by atoms with van der Waals surface area (Å²) in [7, 11) is 0. The van der Waals surface area contributed by atoms with Gasteiger partial charge in [-0.15, -0.1) is 0 Å². The number of carbonyl (C=O) groups excluding carboxylic acids is 1. The summed E-state index contributed by atoms with van der Waals surface area (Å²) in [4.78, 5) is 35.3. The number of aryl methyl sites for hydroxylation is 1. The Morgan fingerprint density at radius 2 is 2.20 bits per heavy atom. The molecule has 0 bridgehead atoms. The fourth-order valence-corrected chi connectivity index (χ4v) is 1.14. The van der Waals surface area contributed by atoms with Gasteiger partial charge in [-0.25, -0.2) is 4.79 Å². The summed E-state index contributed by atoms with van der Waals surface area (Å²) in [6.07, 6.45) is 1.42. The van der Waals surface area contributed by atoms with Crippen LogP contribution in [-0.4, -0.2) is 15.5 Å². The smallest absolute Gasteiger partial charge is 0.328 e. The molecule has 0 aliphatic carbocycles. The first kappa shape index (κ1) is 11.2. The Hall–Kier alpha value is -1.85. The molecule has 0 saturated heterocycles. The van der Waals surface area contributed by atoms with Gasteiger partial charge in [0.25, 0.3) is 5.56 Å². The van der Waals surface area contributed by atoms with Gasteiger partial charge in [0.15, 0.2) is 0 Å². The first-order valence-corrected chi connectivity index (χ1v) is 4.51. The molecule has 0 spiro atoms. The Balaban J connectivity index is 3.06. The average Bonchev–Trinajstić information content (AvgIpc) is 2.13. The van der Waals surface area contributed by atoms with Crippen LogP contribution in [0.25, 0.3) is 0 Å². The third kappa shape index (κ3) is 2.55. The highest BCUT2D eigenvalue weighted by atomic mass is 16.2. The molecule has 6 nitrogen and oxygen atoms in total. The molecular formula is C9H13N3O3. The topological polar surface area (TPSA) is 97.9 Å². The second kappa shape index (κ2) is 4.12. The molecule has 3 N–H and O–H groups in total. The molecule has 1 amide bonds. The van der Waals surface area contributed by atoms with Crippen LogP contribution in [0.5, 0.6) is 0 Å². The van der Waals surface area contributed by atoms with Crippen LogP contribution in [0.15, 0.2) is 15.8 Å². The van der Waals surface area contributed by atoms with Crippen LogP contribution in [0, 0.1) is 12.8 Å². The predicted molar refractivity (Wildman–Crippen MR) is 54.4 cm³/mol. The Kier molecular flexibility index (Phi) is 3.08. The van der Waals surface area contributed by atoms with Crippen molar-refractivity contribution >= 4 is 5.91 Å². The predicted octanol–water partition coefficient (Wildman–Crippen LogP) is -1.03. The highest BCUT2D eigenvalue weighted by Crippen LogP contribution is 1.96. The van der Waals surface area contributed by atoms with Crippen molar-refractivity contribution < 1.29 is 4.79 Å². The largest absolute Gasteiger partial charge is 0.369 e. The van der Waals surface area contributed by atoms with E-state index < -0.39 is 23.1 Å². The number of carbonyl (C=O) groups is 1. The number of aromatic nitrogens is 2. The maximum Gasteiger partial charge on any atom is 0.328 e. The van der Waals surface area contributed by atoms with Gasteiger partial charge in [-0.2, -0.15) is 0 Å². The van der Waals surface area contributed by atoms with Crippen molar-refractivity contribution in [2.24, 2.45) is 11.7 Å². The molecule has 82 valence electrons. The fourth-order valence-electron chi connectivity index (χ4n) is 1.14. The maximum absolute atomic E-state index is 11.3. The second-order valence-electron chi connectivity index (χ2n) is 3.53. The number of nitrogens with one attached hydrogen (secondary N) is 1. The number of amides is 1. The Morgan fingerprint density at radius 1 is 1.60 bits per heavy atom. The standard InChI is InChI=1S/C9H13N3O3/c1-5(7(10)13)3-12-4-6(2)8(14)11-9(12)15/h4-5H,3H2,1-2H3,(H2,10,13)(H,11,14,15). The molecule has 6 heteroatoms. The first-order chi connectivity index (χ1) is 6.91. The number of hydrogen-bond donors (Lipinski definition) is 2. The molecule has 1 aromatic rings. The van der Waals surface area contributed by atoms with E-state index in [0.29, 0.717) is 5.56 Å². The maximum atomic E-state index is 11.3. The number of nitrogens with zero attached hydrogens (tertiary/aromatic N) is 1. The summed E-state index contributed by atoms with van der Waals surface area (Å²) in [6.45, 7) is 3.38. The lowest BCUT2D eigenvalue weighted by Crippen LogP contribution is -2.34. The molecular weight excluding hydrogens is 198 g/mol. The normalized spacial score (nSPS) is 12.4. The number of nitrogens with two attached hydrogens (primary N) is 1. The molecule has 0 saturated carbocycles. The van der Waals surface area contributed by atoms with Gasteiger partial charge < -0.3 is 5.73 Å². The molecule has 1 rings (SSSR count). The summed E-state index contributed by atoms with van der Waals surface area (Å²) in [6, 6.07) is 0. The van der Waals surface area contributed by atoms with Gasteiger partial charge in [0, 0.05) is 18.3 Å². The summed E-state index contributed by atoms with van der Waals surface area (Å²) >= 11 is 0. The Bertz CT molecular complexity index is 486. The van der Waals surface area contributed by atoms with Crippen LogP contribution >= 0.6 is 0 Å². The van der Waals surface area contributed by atoms with Gasteiger partial charge in [-0.1, -0.05) is 6.92 Å². The van der Waals surface area contributed by atoms with E-state index in [9.17, 15) is 14.4 Å². The van der Waals surface area contributed by atoms with Crippen LogP contribution in [0.1, 0.15) is 12.5 Å². The number of rotatable bonds is 3. The summed E-state index contributed by atoms with van der Waals surface area (Å²) < 4.78 is 1.27. The fraction of sp³-hybridized carbons (Fsp3) is 0.444. The third-order valence-electron chi connectivity index (χ3n) is 2.15. The Morgan fingerprint density at radius 3 is 2.73 bits per heavy atom. The molecule has 1 atom stereocenters. The van der Waals surface area contributed by atoms with Crippen LogP contribution in [0.4, 0.5) is 0 Å². The van der Waals surface area contributed by atoms with Gasteiger partial charge >= 0.3 is 5.69 Å². The minimum atomic E-state index is -0.529. The van der Waals surface area contributed by atoms with Crippen LogP contribution in [0.3, 0.4) is 0 Å². The Labute approximate surface area is 85.7 Å². The van der Waals surface area contributed by atoms with Crippen molar-refractivity contribution in [2.45, 2.75) is 20.4 Å². The minimum Gasteiger partial charge on any atom is -0.369 e. The highest BCUT2D eigenvalue weighted by Gasteiger charge is 2.10. The van der Waals surface area contributed by atoms with Crippen LogP contribution in [0.2, 0.25) is 0 Å². The molecule has 1 heterocycles. The van der Waals surface area contributed by atoms with E-state index in [1.54, 1.807) is 13.8 Å². The minimum absolute atomic E-state index is 0.172. The van der Waals surface area contributed by atoms with Crippen molar-refractivity contribution in [1.82, 2.24) is 9.55 Å². The third-order valence-corrected chi connectivity index (χ3v) is 2.15. The van der Waals surface area contributed by atoms with Gasteiger partial charge in [0.05, 0.1) is 5.92 Å². The molecule has 0 radical (unpaired) electrons. The molecule has 15 heavy (non-hydrogen) atoms. The highest BCUT2D eigenvalue weighted by molar-refractivity contribution is 5.76. The lowest BCUT2D eigenvalue weighted by atomic mass is 10.2. The van der Waals surface area contributed by atoms with Gasteiger partial charge in [-0.3, -0.25) is 19.1 Å². The quantitative estimate of drug-likeness (QED) is 0.668. The van der Waals surface area contributed by atoms with E-state index in [4.69, 9.17) is 5.73 Å². The number of H-pyrrole nitrogens is 1. The lowest BCUT2D eigenvalue weighted by Gasteiger charge is -2.09. The summed E-state index contributed by atoms with van der Waals surface area (Å²) in [5.41, 5.74) is 4.56. The van der Waals surface area contributed by atoms with Crippen LogP contribution in [-0.2, 0) is 11.3 Å². The van der Waals surface area contributed by atoms with E-state index in [1.165, 1.54) is 10.8 Å². The molecule has 0 aliphatic rings. The molecule has 0 aliphatic heterocycles. The zero-order valence-corrected chi connectivity index (χ0v) is 8.61. The zero-order chi connectivity index (χ0) is 11.6. The van der Waals surface area contributed by atoms with Crippen molar-refractivity contribution in [3.63, 3.8) is 0 Å². The van der Waals surface area contributed by atoms with Gasteiger partial charge in [-0.05, 0) is 6.92 Å². The van der Waals surface area contributed by atoms with E-state index >= 15 is 0 Å². The number of primary amides is 1. The van der Waals surface area contributed by atoms with E-state index in [1.807, 2.05) is 0 Å². The van der Waals surface area contributed by atoms with Crippen molar-refractivity contribution in [1.29, 1.82) is 0 Å². The molecule has 0 fully saturated rings. The average molecular weight is 211 g/mol. The summed E-state index contributed by atoms with van der Waals surface area (Å²) in [5, 5.41) is 0. The molecule has 1 aromatic heterocycles. The monoisotopic (exact) mass is 211 g/mol.